The molecule has 0 aromatic heterocycles. The normalized spacial score (nSPS) is 13.9. The van der Waals surface area contributed by atoms with E-state index in [9.17, 15) is 0 Å². The van der Waals surface area contributed by atoms with Crippen LogP contribution in [0, 0.1) is 5.92 Å². The molecule has 1 unspecified atom stereocenters. The van der Waals surface area contributed by atoms with Crippen LogP contribution in [0.4, 0.5) is 0 Å². The van der Waals surface area contributed by atoms with Gasteiger partial charge in [-0.05, 0) is 38.8 Å². The third-order valence-electron chi connectivity index (χ3n) is 1.53. The number of nitrogens with one attached hydrogen (secondary N) is 1. The summed E-state index contributed by atoms with van der Waals surface area (Å²) in [5.74, 6) is 0.724. The second kappa shape index (κ2) is 6.62. The predicted octanol–water partition coefficient (Wildman–Crippen LogP) is 1.39. The van der Waals surface area contributed by atoms with Crippen molar-refractivity contribution < 1.29 is 5.11 Å². The monoisotopic (exact) mass is 159 g/mol. The highest BCUT2D eigenvalue weighted by Gasteiger charge is 1.95. The molecule has 0 aliphatic heterocycles. The zero-order chi connectivity index (χ0) is 8.69. The molecule has 2 heteroatoms. The maximum Gasteiger partial charge on any atom is 0.0512 e. The largest absolute Gasteiger partial charge is 0.393 e. The lowest BCUT2D eigenvalue weighted by Gasteiger charge is -2.07. The molecule has 0 heterocycles. The van der Waals surface area contributed by atoms with Crippen molar-refractivity contribution in [1.29, 1.82) is 0 Å². The molecule has 0 aromatic rings. The minimum atomic E-state index is -0.143. The zero-order valence-corrected chi connectivity index (χ0v) is 7.93. The minimum Gasteiger partial charge on any atom is -0.393 e. The first-order valence-electron chi connectivity index (χ1n) is 4.51. The second-order valence-electron chi connectivity index (χ2n) is 3.59. The first-order valence-corrected chi connectivity index (χ1v) is 4.51. The smallest absolute Gasteiger partial charge is 0.0512 e. The van der Waals surface area contributed by atoms with Gasteiger partial charge in [0.15, 0.2) is 0 Å². The Kier molecular flexibility index (Phi) is 6.57. The number of aliphatic hydroxyl groups excluding tert-OH is 1. The van der Waals surface area contributed by atoms with E-state index in [1.165, 1.54) is 0 Å². The molecule has 0 saturated carbocycles. The van der Waals surface area contributed by atoms with Crippen LogP contribution >= 0.6 is 0 Å². The molecule has 0 aliphatic carbocycles. The Bertz CT molecular complexity index is 71.6. The fraction of sp³-hybridized carbons (Fsp3) is 1.00. The van der Waals surface area contributed by atoms with E-state index < -0.39 is 0 Å². The van der Waals surface area contributed by atoms with Crippen LogP contribution in [0.2, 0.25) is 0 Å². The quantitative estimate of drug-likeness (QED) is 0.574. The Morgan fingerprint density at radius 2 is 1.91 bits per heavy atom. The van der Waals surface area contributed by atoms with Crippen molar-refractivity contribution in [2.75, 3.05) is 13.1 Å². The molecule has 0 bridgehead atoms. The average Bonchev–Trinajstić information content (AvgIpc) is 1.85. The standard InChI is InChI=1S/C9H21NO/c1-8(2)7-10-6-4-5-9(3)11/h8-11H,4-7H2,1-3H3. The van der Waals surface area contributed by atoms with Crippen LogP contribution in [0.3, 0.4) is 0 Å². The van der Waals surface area contributed by atoms with E-state index in [0.29, 0.717) is 0 Å². The van der Waals surface area contributed by atoms with Gasteiger partial charge in [-0.15, -0.1) is 0 Å². The van der Waals surface area contributed by atoms with Gasteiger partial charge < -0.3 is 10.4 Å². The highest BCUT2D eigenvalue weighted by atomic mass is 16.3. The van der Waals surface area contributed by atoms with Crippen LogP contribution in [0.15, 0.2) is 0 Å². The SMILES string of the molecule is CC(C)CNCCCC(C)O. The maximum atomic E-state index is 8.93. The summed E-state index contributed by atoms with van der Waals surface area (Å²) in [6, 6.07) is 0. The predicted molar refractivity (Wildman–Crippen MR) is 48.6 cm³/mol. The van der Waals surface area contributed by atoms with Gasteiger partial charge in [0.05, 0.1) is 6.10 Å². The molecule has 0 amide bonds. The Hall–Kier alpha value is -0.0800. The van der Waals surface area contributed by atoms with E-state index in [2.05, 4.69) is 19.2 Å². The molecule has 68 valence electrons. The number of aliphatic hydroxyl groups is 1. The Labute approximate surface area is 70.0 Å². The van der Waals surface area contributed by atoms with Gasteiger partial charge in [-0.2, -0.15) is 0 Å². The second-order valence-corrected chi connectivity index (χ2v) is 3.59. The summed E-state index contributed by atoms with van der Waals surface area (Å²) in [5, 5.41) is 12.3. The molecule has 2 nitrogen and oxygen atoms in total. The zero-order valence-electron chi connectivity index (χ0n) is 7.93. The van der Waals surface area contributed by atoms with Crippen molar-refractivity contribution in [3.63, 3.8) is 0 Å². The van der Waals surface area contributed by atoms with Crippen molar-refractivity contribution in [3.8, 4) is 0 Å². The lowest BCUT2D eigenvalue weighted by Crippen LogP contribution is -2.21. The van der Waals surface area contributed by atoms with Crippen LogP contribution < -0.4 is 5.32 Å². The summed E-state index contributed by atoms with van der Waals surface area (Å²) in [6.45, 7) is 8.34. The third kappa shape index (κ3) is 9.92. The molecule has 0 radical (unpaired) electrons. The summed E-state index contributed by atoms with van der Waals surface area (Å²) in [4.78, 5) is 0. The molecule has 0 aliphatic rings. The summed E-state index contributed by atoms with van der Waals surface area (Å²) in [7, 11) is 0. The van der Waals surface area contributed by atoms with Crippen LogP contribution in [-0.2, 0) is 0 Å². The topological polar surface area (TPSA) is 32.3 Å². The minimum absolute atomic E-state index is 0.143. The molecular formula is C9H21NO. The lowest BCUT2D eigenvalue weighted by atomic mass is 10.2. The van der Waals surface area contributed by atoms with Gasteiger partial charge in [-0.3, -0.25) is 0 Å². The molecule has 2 N–H and O–H groups in total. The number of hydrogen-bond donors (Lipinski definition) is 2. The van der Waals surface area contributed by atoms with Crippen molar-refractivity contribution >= 4 is 0 Å². The van der Waals surface area contributed by atoms with Gasteiger partial charge in [0.25, 0.3) is 0 Å². The fourth-order valence-corrected chi connectivity index (χ4v) is 0.913. The van der Waals surface area contributed by atoms with E-state index in [1.807, 2.05) is 6.92 Å². The van der Waals surface area contributed by atoms with E-state index in [1.54, 1.807) is 0 Å². The summed E-state index contributed by atoms with van der Waals surface area (Å²) >= 11 is 0. The maximum absolute atomic E-state index is 8.93. The van der Waals surface area contributed by atoms with Crippen molar-refractivity contribution in [1.82, 2.24) is 5.32 Å². The highest BCUT2D eigenvalue weighted by Crippen LogP contribution is 1.94. The first kappa shape index (κ1) is 10.9. The van der Waals surface area contributed by atoms with E-state index in [-0.39, 0.29) is 6.10 Å². The molecule has 0 aromatic carbocycles. The van der Waals surface area contributed by atoms with Crippen molar-refractivity contribution in [2.45, 2.75) is 39.7 Å². The van der Waals surface area contributed by atoms with Crippen molar-refractivity contribution in [3.05, 3.63) is 0 Å². The number of rotatable bonds is 6. The summed E-state index contributed by atoms with van der Waals surface area (Å²) < 4.78 is 0. The van der Waals surface area contributed by atoms with E-state index >= 15 is 0 Å². The molecule has 1 atom stereocenters. The molecule has 0 spiro atoms. The van der Waals surface area contributed by atoms with E-state index in [4.69, 9.17) is 5.11 Å². The van der Waals surface area contributed by atoms with Gasteiger partial charge in [0.1, 0.15) is 0 Å². The van der Waals surface area contributed by atoms with E-state index in [0.717, 1.165) is 31.8 Å². The Morgan fingerprint density at radius 1 is 1.27 bits per heavy atom. The number of hydrogen-bond acceptors (Lipinski definition) is 2. The summed E-state index contributed by atoms with van der Waals surface area (Å²) in [6.07, 6.45) is 1.84. The Morgan fingerprint density at radius 3 is 2.36 bits per heavy atom. The average molecular weight is 159 g/mol. The van der Waals surface area contributed by atoms with Gasteiger partial charge >= 0.3 is 0 Å². The first-order chi connectivity index (χ1) is 5.13. The van der Waals surface area contributed by atoms with Gasteiger partial charge in [-0.1, -0.05) is 13.8 Å². The van der Waals surface area contributed by atoms with Gasteiger partial charge in [0.2, 0.25) is 0 Å². The molecule has 11 heavy (non-hydrogen) atoms. The van der Waals surface area contributed by atoms with Crippen LogP contribution in [0.25, 0.3) is 0 Å². The molecular weight excluding hydrogens is 138 g/mol. The highest BCUT2D eigenvalue weighted by molar-refractivity contribution is 4.53. The Balaban J connectivity index is 2.91. The third-order valence-corrected chi connectivity index (χ3v) is 1.53. The molecule has 0 saturated heterocycles. The van der Waals surface area contributed by atoms with Gasteiger partial charge in [-0.25, -0.2) is 0 Å². The fourth-order valence-electron chi connectivity index (χ4n) is 0.913. The summed E-state index contributed by atoms with van der Waals surface area (Å²) in [5.41, 5.74) is 0. The molecule has 0 rings (SSSR count). The lowest BCUT2D eigenvalue weighted by molar-refractivity contribution is 0.181. The van der Waals surface area contributed by atoms with Gasteiger partial charge in [0, 0.05) is 0 Å². The molecule has 0 fully saturated rings. The van der Waals surface area contributed by atoms with Crippen LogP contribution in [-0.4, -0.2) is 24.3 Å². The van der Waals surface area contributed by atoms with Crippen molar-refractivity contribution in [2.24, 2.45) is 5.92 Å². The van der Waals surface area contributed by atoms with Crippen LogP contribution in [0.1, 0.15) is 33.6 Å². The van der Waals surface area contributed by atoms with Crippen LogP contribution in [0.5, 0.6) is 0 Å².